The molecule has 10 heteroatoms. The summed E-state index contributed by atoms with van der Waals surface area (Å²) in [5.41, 5.74) is -1.07. The minimum absolute atomic E-state index is 0.0556. The van der Waals surface area contributed by atoms with E-state index in [-0.39, 0.29) is 31.1 Å². The normalized spacial score (nSPS) is 11.1. The van der Waals surface area contributed by atoms with Crippen LogP contribution in [0.4, 0.5) is 24.5 Å². The number of hydrogen-bond acceptors (Lipinski definition) is 4. The summed E-state index contributed by atoms with van der Waals surface area (Å²) in [7, 11) is 0. The van der Waals surface area contributed by atoms with Crippen LogP contribution in [0.2, 0.25) is 5.02 Å². The molecule has 0 aliphatic carbocycles. The van der Waals surface area contributed by atoms with Crippen molar-refractivity contribution in [1.29, 1.82) is 0 Å². The van der Waals surface area contributed by atoms with Crippen LogP contribution in [-0.2, 0) is 17.4 Å². The van der Waals surface area contributed by atoms with E-state index in [1.807, 2.05) is 0 Å². The smallest absolute Gasteiger partial charge is 0.378 e. The molecule has 0 aromatic heterocycles. The van der Waals surface area contributed by atoms with Crippen molar-refractivity contribution in [3.63, 3.8) is 0 Å². The molecular formula is C17H15ClF3N3O3. The highest BCUT2D eigenvalue weighted by Crippen LogP contribution is 2.34. The molecule has 1 amide bonds. The predicted octanol–water partition coefficient (Wildman–Crippen LogP) is 4.04. The van der Waals surface area contributed by atoms with Crippen molar-refractivity contribution in [2.45, 2.75) is 12.6 Å². The van der Waals surface area contributed by atoms with Crippen molar-refractivity contribution in [3.8, 4) is 0 Å². The maximum atomic E-state index is 12.7. The molecule has 0 radical (unpaired) electrons. The van der Waals surface area contributed by atoms with E-state index < -0.39 is 22.4 Å². The SMILES string of the molecule is O=C(Cc1ccc(Cl)cc1)NCCNc1ccc(C(F)(F)F)cc1[N+](=O)[O-]. The van der Waals surface area contributed by atoms with Gasteiger partial charge in [0.25, 0.3) is 5.69 Å². The number of alkyl halides is 3. The molecule has 6 nitrogen and oxygen atoms in total. The number of anilines is 1. The van der Waals surface area contributed by atoms with Crippen LogP contribution in [0, 0.1) is 10.1 Å². The Morgan fingerprint density at radius 2 is 1.78 bits per heavy atom. The van der Waals surface area contributed by atoms with Gasteiger partial charge in [-0.15, -0.1) is 0 Å². The molecule has 2 aromatic carbocycles. The Bertz CT molecular complexity index is 826. The molecule has 0 atom stereocenters. The van der Waals surface area contributed by atoms with Crippen LogP contribution < -0.4 is 10.6 Å². The molecule has 2 N–H and O–H groups in total. The van der Waals surface area contributed by atoms with Crippen LogP contribution in [0.25, 0.3) is 0 Å². The summed E-state index contributed by atoms with van der Waals surface area (Å²) in [6.07, 6.45) is -4.53. The van der Waals surface area contributed by atoms with Crippen LogP contribution in [-0.4, -0.2) is 23.9 Å². The van der Waals surface area contributed by atoms with Gasteiger partial charge < -0.3 is 10.6 Å². The van der Waals surface area contributed by atoms with Crippen LogP contribution in [0.3, 0.4) is 0 Å². The number of nitrogens with one attached hydrogen (secondary N) is 2. The summed E-state index contributed by atoms with van der Waals surface area (Å²) in [4.78, 5) is 21.9. The molecule has 0 aliphatic heterocycles. The Morgan fingerprint density at radius 3 is 2.37 bits per heavy atom. The van der Waals surface area contributed by atoms with Crippen molar-refractivity contribution in [3.05, 3.63) is 68.7 Å². The zero-order valence-corrected chi connectivity index (χ0v) is 14.6. The van der Waals surface area contributed by atoms with Crippen LogP contribution in [0.5, 0.6) is 0 Å². The lowest BCUT2D eigenvalue weighted by molar-refractivity contribution is -0.384. The van der Waals surface area contributed by atoms with E-state index in [0.717, 1.165) is 17.7 Å². The molecule has 0 bridgehead atoms. The van der Waals surface area contributed by atoms with E-state index in [1.165, 1.54) is 0 Å². The second-order valence-corrected chi connectivity index (χ2v) is 6.00. The zero-order chi connectivity index (χ0) is 20.0. The molecule has 0 aliphatic rings. The quantitative estimate of drug-likeness (QED) is 0.416. The third kappa shape index (κ3) is 6.14. The van der Waals surface area contributed by atoms with Gasteiger partial charge in [0, 0.05) is 24.2 Å². The van der Waals surface area contributed by atoms with Crippen molar-refractivity contribution >= 4 is 28.9 Å². The van der Waals surface area contributed by atoms with E-state index in [1.54, 1.807) is 24.3 Å². The second kappa shape index (κ2) is 8.72. The summed E-state index contributed by atoms with van der Waals surface area (Å²) in [5, 5.41) is 16.8. The number of carbonyl (C=O) groups is 1. The number of nitrogens with zero attached hydrogens (tertiary/aromatic N) is 1. The van der Waals surface area contributed by atoms with Gasteiger partial charge in [-0.3, -0.25) is 14.9 Å². The van der Waals surface area contributed by atoms with Gasteiger partial charge in [-0.1, -0.05) is 23.7 Å². The number of nitro groups is 1. The summed E-state index contributed by atoms with van der Waals surface area (Å²) >= 11 is 5.76. The predicted molar refractivity (Wildman–Crippen MR) is 94.8 cm³/mol. The van der Waals surface area contributed by atoms with Gasteiger partial charge in [0.2, 0.25) is 5.91 Å². The molecular weight excluding hydrogens is 387 g/mol. The van der Waals surface area contributed by atoms with Crippen LogP contribution >= 0.6 is 11.6 Å². The number of halogens is 4. The average Bonchev–Trinajstić information content (AvgIpc) is 2.59. The Labute approximate surface area is 157 Å². The van der Waals surface area contributed by atoms with E-state index in [0.29, 0.717) is 11.1 Å². The first kappa shape index (κ1) is 20.5. The molecule has 0 heterocycles. The number of hydrogen-bond donors (Lipinski definition) is 2. The fraction of sp³-hybridized carbons (Fsp3) is 0.235. The van der Waals surface area contributed by atoms with Gasteiger partial charge in [-0.25, -0.2) is 0 Å². The summed E-state index contributed by atoms with van der Waals surface area (Å²) in [6.45, 7) is 0.253. The summed E-state index contributed by atoms with van der Waals surface area (Å²) in [5.74, 6) is -0.263. The minimum Gasteiger partial charge on any atom is -0.378 e. The zero-order valence-electron chi connectivity index (χ0n) is 13.8. The van der Waals surface area contributed by atoms with Gasteiger partial charge in [0.15, 0.2) is 0 Å². The number of amides is 1. The van der Waals surface area contributed by atoms with Gasteiger partial charge in [0.1, 0.15) is 5.69 Å². The fourth-order valence-corrected chi connectivity index (χ4v) is 2.38. The minimum atomic E-state index is -4.67. The topological polar surface area (TPSA) is 84.3 Å². The maximum absolute atomic E-state index is 12.7. The first-order chi connectivity index (χ1) is 12.7. The Morgan fingerprint density at radius 1 is 1.11 bits per heavy atom. The Hall–Kier alpha value is -2.81. The number of nitro benzene ring substituents is 1. The van der Waals surface area contributed by atoms with Gasteiger partial charge in [-0.2, -0.15) is 13.2 Å². The van der Waals surface area contributed by atoms with E-state index in [2.05, 4.69) is 10.6 Å². The highest BCUT2D eigenvalue weighted by atomic mass is 35.5. The highest BCUT2D eigenvalue weighted by molar-refractivity contribution is 6.30. The van der Waals surface area contributed by atoms with E-state index in [9.17, 15) is 28.1 Å². The van der Waals surface area contributed by atoms with E-state index in [4.69, 9.17) is 11.6 Å². The van der Waals surface area contributed by atoms with Crippen LogP contribution in [0.1, 0.15) is 11.1 Å². The molecule has 27 heavy (non-hydrogen) atoms. The molecule has 2 aromatic rings. The molecule has 0 unspecified atom stereocenters. The van der Waals surface area contributed by atoms with Gasteiger partial charge in [0.05, 0.1) is 16.9 Å². The lowest BCUT2D eigenvalue weighted by atomic mass is 10.1. The third-order valence-electron chi connectivity index (χ3n) is 3.56. The number of carbonyl (C=O) groups excluding carboxylic acids is 1. The van der Waals surface area contributed by atoms with Gasteiger partial charge >= 0.3 is 6.18 Å². The van der Waals surface area contributed by atoms with Crippen molar-refractivity contribution in [2.24, 2.45) is 0 Å². The number of rotatable bonds is 7. The van der Waals surface area contributed by atoms with Crippen molar-refractivity contribution in [1.82, 2.24) is 5.32 Å². The van der Waals surface area contributed by atoms with Crippen LogP contribution in [0.15, 0.2) is 42.5 Å². The fourth-order valence-electron chi connectivity index (χ4n) is 2.26. The van der Waals surface area contributed by atoms with E-state index >= 15 is 0 Å². The largest absolute Gasteiger partial charge is 0.416 e. The lowest BCUT2D eigenvalue weighted by Gasteiger charge is -2.11. The highest BCUT2D eigenvalue weighted by Gasteiger charge is 2.32. The molecule has 144 valence electrons. The van der Waals surface area contributed by atoms with Crippen molar-refractivity contribution < 1.29 is 22.9 Å². The van der Waals surface area contributed by atoms with Crippen molar-refractivity contribution in [2.75, 3.05) is 18.4 Å². The standard InChI is InChI=1S/C17H15ClF3N3O3/c18-13-4-1-11(2-5-13)9-16(25)23-8-7-22-14-6-3-12(17(19,20)21)10-15(14)24(26)27/h1-6,10,22H,7-9H2,(H,23,25). The Kier molecular flexibility index (Phi) is 6.62. The summed E-state index contributed by atoms with van der Waals surface area (Å²) < 4.78 is 38.0. The molecule has 2 rings (SSSR count). The summed E-state index contributed by atoms with van der Waals surface area (Å²) in [6, 6.07) is 8.98. The molecule has 0 fully saturated rings. The lowest BCUT2D eigenvalue weighted by Crippen LogP contribution is -2.30. The molecule has 0 saturated carbocycles. The monoisotopic (exact) mass is 401 g/mol. The first-order valence-electron chi connectivity index (χ1n) is 7.77. The molecule has 0 saturated heterocycles. The maximum Gasteiger partial charge on any atom is 0.416 e. The first-order valence-corrected chi connectivity index (χ1v) is 8.15. The third-order valence-corrected chi connectivity index (χ3v) is 3.81. The molecule has 0 spiro atoms. The van der Waals surface area contributed by atoms with Gasteiger partial charge in [-0.05, 0) is 29.8 Å². The average molecular weight is 402 g/mol. The number of benzene rings is 2. The second-order valence-electron chi connectivity index (χ2n) is 5.57. The Balaban J connectivity index is 1.88.